The van der Waals surface area contributed by atoms with E-state index in [-0.39, 0.29) is 0 Å². The topological polar surface area (TPSA) is 51.8 Å². The molecule has 0 saturated carbocycles. The minimum Gasteiger partial charge on any atom is -0.330 e. The molecule has 0 aliphatic carbocycles. The second kappa shape index (κ2) is 5.47. The van der Waals surface area contributed by atoms with E-state index in [0.717, 1.165) is 24.4 Å². The number of aryl methyl sites for hydroxylation is 1. The van der Waals surface area contributed by atoms with Crippen LogP contribution in [0.5, 0.6) is 0 Å². The van der Waals surface area contributed by atoms with Gasteiger partial charge in [0.15, 0.2) is 0 Å². The van der Waals surface area contributed by atoms with Gasteiger partial charge in [0.05, 0.1) is 5.69 Å². The van der Waals surface area contributed by atoms with Crippen molar-refractivity contribution >= 4 is 21.4 Å². The van der Waals surface area contributed by atoms with Gasteiger partial charge in [-0.25, -0.2) is 9.97 Å². The molecule has 2 aromatic heterocycles. The molecule has 3 nitrogen and oxygen atoms in total. The summed E-state index contributed by atoms with van der Waals surface area (Å²) in [5.41, 5.74) is 7.72. The third-order valence-electron chi connectivity index (χ3n) is 3.07. The fourth-order valence-corrected chi connectivity index (χ4v) is 3.06. The van der Waals surface area contributed by atoms with Gasteiger partial charge in [-0.05, 0) is 25.1 Å². The van der Waals surface area contributed by atoms with E-state index >= 15 is 0 Å². The molecular formula is C15H15N3S. The average Bonchev–Trinajstić information content (AvgIpc) is 2.89. The predicted octanol–water partition coefficient (Wildman–Crippen LogP) is 3.25. The standard InChI is InChI=1S/C15H15N3S/c16-8-3-6-15-17-9-7-13(18-15)12-10-19-14-5-2-1-4-11(12)14/h1-2,4-5,7,9-10H,3,6,8,16H2. The summed E-state index contributed by atoms with van der Waals surface area (Å²) in [6, 6.07) is 10.4. The Kier molecular flexibility index (Phi) is 3.53. The number of nitrogens with two attached hydrogens (primary N) is 1. The summed E-state index contributed by atoms with van der Waals surface area (Å²) in [6.07, 6.45) is 3.60. The summed E-state index contributed by atoms with van der Waals surface area (Å²) in [6.45, 7) is 0.676. The van der Waals surface area contributed by atoms with Crippen molar-refractivity contribution < 1.29 is 0 Å². The van der Waals surface area contributed by atoms with E-state index in [2.05, 4.69) is 39.6 Å². The number of hydrogen-bond acceptors (Lipinski definition) is 4. The molecule has 0 fully saturated rings. The lowest BCUT2D eigenvalue weighted by Crippen LogP contribution is -2.03. The normalized spacial score (nSPS) is 11.0. The summed E-state index contributed by atoms with van der Waals surface area (Å²) in [5, 5.41) is 3.43. The third kappa shape index (κ3) is 2.50. The van der Waals surface area contributed by atoms with Crippen LogP contribution in [-0.2, 0) is 6.42 Å². The lowest BCUT2D eigenvalue weighted by molar-refractivity contribution is 0.782. The third-order valence-corrected chi connectivity index (χ3v) is 4.03. The van der Waals surface area contributed by atoms with Crippen LogP contribution in [0, 0.1) is 0 Å². The molecule has 0 radical (unpaired) electrons. The molecule has 0 aliphatic heterocycles. The van der Waals surface area contributed by atoms with E-state index in [4.69, 9.17) is 5.73 Å². The highest BCUT2D eigenvalue weighted by atomic mass is 32.1. The van der Waals surface area contributed by atoms with E-state index in [9.17, 15) is 0 Å². The van der Waals surface area contributed by atoms with E-state index in [0.29, 0.717) is 6.54 Å². The number of benzene rings is 1. The monoisotopic (exact) mass is 269 g/mol. The molecule has 0 unspecified atom stereocenters. The molecule has 2 heterocycles. The van der Waals surface area contributed by atoms with E-state index < -0.39 is 0 Å². The Morgan fingerprint density at radius 3 is 2.95 bits per heavy atom. The lowest BCUT2D eigenvalue weighted by Gasteiger charge is -2.02. The van der Waals surface area contributed by atoms with Gasteiger partial charge in [-0.1, -0.05) is 18.2 Å². The minimum atomic E-state index is 0.676. The van der Waals surface area contributed by atoms with Crippen molar-refractivity contribution in [1.29, 1.82) is 0 Å². The number of aromatic nitrogens is 2. The van der Waals surface area contributed by atoms with Gasteiger partial charge < -0.3 is 5.73 Å². The van der Waals surface area contributed by atoms with Gasteiger partial charge >= 0.3 is 0 Å². The SMILES string of the molecule is NCCCc1nccc(-c2csc3ccccc23)n1. The van der Waals surface area contributed by atoms with Crippen molar-refractivity contribution in [2.75, 3.05) is 6.54 Å². The summed E-state index contributed by atoms with van der Waals surface area (Å²) in [7, 11) is 0. The molecular weight excluding hydrogens is 254 g/mol. The highest BCUT2D eigenvalue weighted by Gasteiger charge is 2.08. The molecule has 4 heteroatoms. The first-order chi connectivity index (χ1) is 9.38. The highest BCUT2D eigenvalue weighted by Crippen LogP contribution is 2.32. The molecule has 0 spiro atoms. The van der Waals surface area contributed by atoms with E-state index in [1.165, 1.54) is 15.6 Å². The Morgan fingerprint density at radius 2 is 2.05 bits per heavy atom. The quantitative estimate of drug-likeness (QED) is 0.791. The van der Waals surface area contributed by atoms with Crippen LogP contribution in [0.3, 0.4) is 0 Å². The zero-order valence-electron chi connectivity index (χ0n) is 10.5. The Bertz CT molecular complexity index is 690. The molecule has 96 valence electrons. The first-order valence-corrected chi connectivity index (χ1v) is 7.25. The maximum atomic E-state index is 5.53. The highest BCUT2D eigenvalue weighted by molar-refractivity contribution is 7.17. The lowest BCUT2D eigenvalue weighted by atomic mass is 10.1. The summed E-state index contributed by atoms with van der Waals surface area (Å²) in [4.78, 5) is 8.95. The zero-order chi connectivity index (χ0) is 13.1. The fourth-order valence-electron chi connectivity index (χ4n) is 2.11. The number of fused-ring (bicyclic) bond motifs is 1. The molecule has 0 saturated heterocycles. The van der Waals surface area contributed by atoms with Crippen molar-refractivity contribution in [2.24, 2.45) is 5.73 Å². The van der Waals surface area contributed by atoms with Crippen molar-refractivity contribution in [1.82, 2.24) is 9.97 Å². The molecule has 2 N–H and O–H groups in total. The van der Waals surface area contributed by atoms with E-state index in [1.54, 1.807) is 11.3 Å². The van der Waals surface area contributed by atoms with Gasteiger partial charge in [0, 0.05) is 33.6 Å². The molecule has 3 rings (SSSR count). The summed E-state index contributed by atoms with van der Waals surface area (Å²) < 4.78 is 1.29. The molecule has 0 aliphatic rings. The molecule has 0 bridgehead atoms. The largest absolute Gasteiger partial charge is 0.330 e. The Morgan fingerprint density at radius 1 is 1.16 bits per heavy atom. The van der Waals surface area contributed by atoms with Gasteiger partial charge in [-0.2, -0.15) is 0 Å². The van der Waals surface area contributed by atoms with Gasteiger partial charge in [-0.15, -0.1) is 11.3 Å². The van der Waals surface area contributed by atoms with E-state index in [1.807, 2.05) is 12.3 Å². The summed E-state index contributed by atoms with van der Waals surface area (Å²) >= 11 is 1.75. The number of rotatable bonds is 4. The van der Waals surface area contributed by atoms with Gasteiger partial charge in [0.25, 0.3) is 0 Å². The maximum absolute atomic E-state index is 5.53. The second-order valence-electron chi connectivity index (χ2n) is 4.40. The molecule has 1 aromatic carbocycles. The fraction of sp³-hybridized carbons (Fsp3) is 0.200. The Balaban J connectivity index is 2.01. The Hall–Kier alpha value is -1.78. The van der Waals surface area contributed by atoms with Crippen molar-refractivity contribution in [3.05, 3.63) is 47.7 Å². The average molecular weight is 269 g/mol. The number of nitrogens with zero attached hydrogens (tertiary/aromatic N) is 2. The van der Waals surface area contributed by atoms with Gasteiger partial charge in [-0.3, -0.25) is 0 Å². The van der Waals surface area contributed by atoms with Crippen LogP contribution < -0.4 is 5.73 Å². The molecule has 0 atom stereocenters. The van der Waals surface area contributed by atoms with Crippen LogP contribution in [0.1, 0.15) is 12.2 Å². The molecule has 3 aromatic rings. The van der Waals surface area contributed by atoms with Crippen LogP contribution in [0.25, 0.3) is 21.3 Å². The minimum absolute atomic E-state index is 0.676. The summed E-state index contributed by atoms with van der Waals surface area (Å²) in [5.74, 6) is 0.873. The van der Waals surface area contributed by atoms with Crippen LogP contribution in [0.15, 0.2) is 41.9 Å². The molecule has 19 heavy (non-hydrogen) atoms. The first-order valence-electron chi connectivity index (χ1n) is 6.37. The first kappa shape index (κ1) is 12.3. The second-order valence-corrected chi connectivity index (χ2v) is 5.31. The van der Waals surface area contributed by atoms with Gasteiger partial charge in [0.1, 0.15) is 5.82 Å². The van der Waals surface area contributed by atoms with Crippen LogP contribution >= 0.6 is 11.3 Å². The zero-order valence-corrected chi connectivity index (χ0v) is 11.4. The van der Waals surface area contributed by atoms with Crippen LogP contribution in [0.2, 0.25) is 0 Å². The van der Waals surface area contributed by atoms with Gasteiger partial charge in [0.2, 0.25) is 0 Å². The van der Waals surface area contributed by atoms with Crippen molar-refractivity contribution in [2.45, 2.75) is 12.8 Å². The smallest absolute Gasteiger partial charge is 0.128 e. The van der Waals surface area contributed by atoms with Crippen LogP contribution in [-0.4, -0.2) is 16.5 Å². The van der Waals surface area contributed by atoms with Crippen molar-refractivity contribution in [3.8, 4) is 11.3 Å². The number of thiophene rings is 1. The molecule has 0 amide bonds. The predicted molar refractivity (Wildman–Crippen MR) is 80.2 cm³/mol. The number of hydrogen-bond donors (Lipinski definition) is 1. The Labute approximate surface area is 116 Å². The van der Waals surface area contributed by atoms with Crippen LogP contribution in [0.4, 0.5) is 0 Å². The maximum Gasteiger partial charge on any atom is 0.128 e. The van der Waals surface area contributed by atoms with Crippen molar-refractivity contribution in [3.63, 3.8) is 0 Å².